The Morgan fingerprint density at radius 3 is 2.60 bits per heavy atom. The number of rotatable bonds is 2. The van der Waals surface area contributed by atoms with Crippen LogP contribution in [0.15, 0.2) is 47.6 Å². The highest BCUT2D eigenvalue weighted by Crippen LogP contribution is 2.58. The molecule has 108 valence electrons. The van der Waals surface area contributed by atoms with Crippen molar-refractivity contribution in [3.8, 4) is 0 Å². The zero-order valence-corrected chi connectivity index (χ0v) is 13.1. The summed E-state index contributed by atoms with van der Waals surface area (Å²) in [5, 5.41) is 0. The molecule has 3 aliphatic rings. The normalized spacial score (nSPS) is 32.1. The van der Waals surface area contributed by atoms with Crippen molar-refractivity contribution in [2.75, 3.05) is 0 Å². The van der Waals surface area contributed by atoms with E-state index in [0.717, 1.165) is 0 Å². The molecule has 3 aliphatic carbocycles. The van der Waals surface area contributed by atoms with Crippen LogP contribution in [0.2, 0.25) is 0 Å². The van der Waals surface area contributed by atoms with Gasteiger partial charge >= 0.3 is 0 Å². The molecule has 0 bridgehead atoms. The second-order valence-corrected chi connectivity index (χ2v) is 7.10. The van der Waals surface area contributed by atoms with Crippen molar-refractivity contribution in [1.29, 1.82) is 0 Å². The Balaban J connectivity index is 1.87. The van der Waals surface area contributed by atoms with E-state index in [9.17, 15) is 0 Å². The minimum Gasteiger partial charge on any atom is -0.0995 e. The molecule has 0 N–H and O–H groups in total. The Hall–Kier alpha value is -1.04. The summed E-state index contributed by atoms with van der Waals surface area (Å²) in [7, 11) is 0. The van der Waals surface area contributed by atoms with Crippen molar-refractivity contribution in [3.63, 3.8) is 0 Å². The molecule has 0 nitrogen and oxygen atoms in total. The van der Waals surface area contributed by atoms with Crippen molar-refractivity contribution in [1.82, 2.24) is 0 Å². The van der Waals surface area contributed by atoms with Crippen LogP contribution in [0.5, 0.6) is 0 Å². The molecule has 0 amide bonds. The first kappa shape index (κ1) is 13.9. The fourth-order valence-electron chi connectivity index (χ4n) is 4.15. The highest BCUT2D eigenvalue weighted by molar-refractivity contribution is 5.31. The van der Waals surface area contributed by atoms with Gasteiger partial charge in [-0.3, -0.25) is 0 Å². The molecule has 2 atom stereocenters. The van der Waals surface area contributed by atoms with Crippen LogP contribution in [0.4, 0.5) is 0 Å². The fourth-order valence-corrected chi connectivity index (χ4v) is 4.15. The maximum Gasteiger partial charge on any atom is 0.00404 e. The van der Waals surface area contributed by atoms with E-state index in [-0.39, 0.29) is 0 Å². The highest BCUT2D eigenvalue weighted by Gasteiger charge is 2.47. The van der Waals surface area contributed by atoms with Gasteiger partial charge in [0.25, 0.3) is 0 Å². The maximum atomic E-state index is 4.26. The molecule has 1 saturated carbocycles. The zero-order valence-electron chi connectivity index (χ0n) is 13.1. The SMILES string of the molecule is C=C(C)C1(C2C=CCC3=C(CCCC3)C(C)C=C2)CC1. The second kappa shape index (κ2) is 5.39. The van der Waals surface area contributed by atoms with E-state index in [4.69, 9.17) is 0 Å². The smallest absolute Gasteiger partial charge is 0.00404 e. The van der Waals surface area contributed by atoms with Crippen LogP contribution in [-0.2, 0) is 0 Å². The van der Waals surface area contributed by atoms with Gasteiger partial charge < -0.3 is 0 Å². The molecular weight excluding hydrogens is 240 g/mol. The standard InChI is InChI=1S/C20H28/c1-15(2)20(13-14-20)18-9-6-8-17-7-4-5-10-19(17)16(3)11-12-18/h6,9,11-12,16,18H,1,4-5,7-8,10,13-14H2,2-3H3. The molecule has 2 unspecified atom stereocenters. The fraction of sp³-hybridized carbons (Fsp3) is 0.600. The van der Waals surface area contributed by atoms with Gasteiger partial charge in [-0.15, -0.1) is 0 Å². The van der Waals surface area contributed by atoms with Gasteiger partial charge in [-0.1, -0.05) is 54.5 Å². The molecular formula is C20H28. The van der Waals surface area contributed by atoms with Gasteiger partial charge in [0.15, 0.2) is 0 Å². The molecule has 0 aromatic carbocycles. The van der Waals surface area contributed by atoms with Crippen LogP contribution in [-0.4, -0.2) is 0 Å². The summed E-state index contributed by atoms with van der Waals surface area (Å²) in [6.07, 6.45) is 19.1. The average molecular weight is 268 g/mol. The third kappa shape index (κ3) is 2.45. The lowest BCUT2D eigenvalue weighted by molar-refractivity contribution is 0.509. The van der Waals surface area contributed by atoms with E-state index in [0.29, 0.717) is 17.3 Å². The zero-order chi connectivity index (χ0) is 14.2. The molecule has 1 fully saturated rings. The van der Waals surface area contributed by atoms with E-state index >= 15 is 0 Å². The van der Waals surface area contributed by atoms with E-state index in [1.54, 1.807) is 11.1 Å². The van der Waals surface area contributed by atoms with Gasteiger partial charge in [-0.05, 0) is 57.8 Å². The summed E-state index contributed by atoms with van der Waals surface area (Å²) >= 11 is 0. The van der Waals surface area contributed by atoms with Gasteiger partial charge in [0.1, 0.15) is 0 Å². The summed E-state index contributed by atoms with van der Waals surface area (Å²) in [5.41, 5.74) is 5.22. The maximum absolute atomic E-state index is 4.26. The molecule has 0 aromatic rings. The van der Waals surface area contributed by atoms with Crippen LogP contribution in [0.25, 0.3) is 0 Å². The molecule has 3 rings (SSSR count). The Kier molecular flexibility index (Phi) is 3.75. The summed E-state index contributed by atoms with van der Waals surface area (Å²) in [4.78, 5) is 0. The molecule has 0 radical (unpaired) electrons. The minimum atomic E-state index is 0.386. The van der Waals surface area contributed by atoms with Crippen LogP contribution in [0, 0.1) is 17.3 Å². The van der Waals surface area contributed by atoms with Gasteiger partial charge in [-0.2, -0.15) is 0 Å². The Morgan fingerprint density at radius 1 is 1.15 bits per heavy atom. The van der Waals surface area contributed by atoms with Crippen LogP contribution in [0.1, 0.15) is 58.8 Å². The van der Waals surface area contributed by atoms with Gasteiger partial charge in [-0.25, -0.2) is 0 Å². The highest BCUT2D eigenvalue weighted by atomic mass is 14.5. The lowest BCUT2D eigenvalue weighted by Crippen LogP contribution is -2.13. The van der Waals surface area contributed by atoms with E-state index in [1.807, 2.05) is 0 Å². The lowest BCUT2D eigenvalue weighted by Gasteiger charge is -2.23. The monoisotopic (exact) mass is 268 g/mol. The van der Waals surface area contributed by atoms with Crippen molar-refractivity contribution in [2.24, 2.45) is 17.3 Å². The molecule has 0 spiro atoms. The number of hydrogen-bond donors (Lipinski definition) is 0. The summed E-state index contributed by atoms with van der Waals surface area (Å²) < 4.78 is 0. The Morgan fingerprint density at radius 2 is 1.90 bits per heavy atom. The topological polar surface area (TPSA) is 0 Å². The molecule has 0 saturated heterocycles. The van der Waals surface area contributed by atoms with E-state index in [1.165, 1.54) is 50.5 Å². The van der Waals surface area contributed by atoms with Crippen LogP contribution < -0.4 is 0 Å². The first-order valence-corrected chi connectivity index (χ1v) is 8.35. The van der Waals surface area contributed by atoms with Crippen molar-refractivity contribution in [3.05, 3.63) is 47.6 Å². The molecule has 0 heterocycles. The number of hydrogen-bond acceptors (Lipinski definition) is 0. The summed E-state index contributed by atoms with van der Waals surface area (Å²) in [6, 6.07) is 0. The first-order valence-electron chi connectivity index (χ1n) is 8.35. The predicted molar refractivity (Wildman–Crippen MR) is 87.5 cm³/mol. The first-order chi connectivity index (χ1) is 9.63. The van der Waals surface area contributed by atoms with Crippen molar-refractivity contribution >= 4 is 0 Å². The van der Waals surface area contributed by atoms with Crippen LogP contribution in [0.3, 0.4) is 0 Å². The van der Waals surface area contributed by atoms with Crippen LogP contribution >= 0.6 is 0 Å². The third-order valence-corrected chi connectivity index (χ3v) is 5.77. The molecule has 0 aromatic heterocycles. The number of allylic oxidation sites excluding steroid dienone is 7. The molecule has 20 heavy (non-hydrogen) atoms. The average Bonchev–Trinajstić information content (AvgIpc) is 3.23. The Bertz CT molecular complexity index is 482. The largest absolute Gasteiger partial charge is 0.0995 e. The third-order valence-electron chi connectivity index (χ3n) is 5.77. The second-order valence-electron chi connectivity index (χ2n) is 7.10. The van der Waals surface area contributed by atoms with Gasteiger partial charge in [0.2, 0.25) is 0 Å². The minimum absolute atomic E-state index is 0.386. The van der Waals surface area contributed by atoms with Gasteiger partial charge in [0, 0.05) is 11.3 Å². The molecule has 0 aliphatic heterocycles. The molecule has 0 heteroatoms. The van der Waals surface area contributed by atoms with E-state index < -0.39 is 0 Å². The van der Waals surface area contributed by atoms with Gasteiger partial charge in [0.05, 0.1) is 0 Å². The van der Waals surface area contributed by atoms with Crippen molar-refractivity contribution in [2.45, 2.75) is 58.8 Å². The summed E-state index contributed by atoms with van der Waals surface area (Å²) in [5.74, 6) is 1.21. The Labute approximate surface area is 124 Å². The predicted octanol–water partition coefficient (Wildman–Crippen LogP) is 5.98. The summed E-state index contributed by atoms with van der Waals surface area (Å²) in [6.45, 7) is 8.86. The lowest BCUT2D eigenvalue weighted by atomic mass is 9.82. The van der Waals surface area contributed by atoms with Crippen molar-refractivity contribution < 1.29 is 0 Å². The quantitative estimate of drug-likeness (QED) is 0.540. The van der Waals surface area contributed by atoms with E-state index in [2.05, 4.69) is 44.7 Å².